The van der Waals surface area contributed by atoms with E-state index < -0.39 is 0 Å². The molecule has 0 radical (unpaired) electrons. The first-order valence-electron chi connectivity index (χ1n) is 7.88. The average molecular weight is 330 g/mol. The summed E-state index contributed by atoms with van der Waals surface area (Å²) >= 11 is 5.79. The van der Waals surface area contributed by atoms with E-state index in [9.17, 15) is 4.79 Å². The summed E-state index contributed by atoms with van der Waals surface area (Å²) in [7, 11) is 0. The number of carbonyl (C=O) groups excluding carboxylic acids is 1. The van der Waals surface area contributed by atoms with Gasteiger partial charge in [-0.05, 0) is 55.2 Å². The first-order valence-corrected chi connectivity index (χ1v) is 8.25. The van der Waals surface area contributed by atoms with Crippen molar-refractivity contribution in [2.45, 2.75) is 26.3 Å². The van der Waals surface area contributed by atoms with E-state index in [-0.39, 0.29) is 5.91 Å². The van der Waals surface area contributed by atoms with Crippen molar-refractivity contribution < 1.29 is 4.79 Å². The van der Waals surface area contributed by atoms with Crippen molar-refractivity contribution in [1.29, 1.82) is 0 Å². The molecule has 1 saturated heterocycles. The summed E-state index contributed by atoms with van der Waals surface area (Å²) in [5, 5.41) is 3.87. The van der Waals surface area contributed by atoms with E-state index in [0.717, 1.165) is 48.3 Å². The molecule has 3 rings (SSSR count). The van der Waals surface area contributed by atoms with Gasteiger partial charge in [-0.3, -0.25) is 4.79 Å². The Morgan fingerprint density at radius 2 is 2.04 bits per heavy atom. The third kappa shape index (κ3) is 3.82. The van der Waals surface area contributed by atoms with Gasteiger partial charge in [0.05, 0.1) is 0 Å². The lowest BCUT2D eigenvalue weighted by Crippen LogP contribution is -2.27. The molecule has 1 aliphatic heterocycles. The van der Waals surface area contributed by atoms with Crippen molar-refractivity contribution in [2.24, 2.45) is 0 Å². The number of nitrogens with zero attached hydrogens (tertiary/aromatic N) is 2. The molecule has 1 aromatic carbocycles. The fourth-order valence-electron chi connectivity index (χ4n) is 2.81. The zero-order valence-electron chi connectivity index (χ0n) is 13.2. The normalized spacial score (nSPS) is 14.1. The highest BCUT2D eigenvalue weighted by molar-refractivity contribution is 6.29. The van der Waals surface area contributed by atoms with Gasteiger partial charge in [-0.2, -0.15) is 0 Å². The van der Waals surface area contributed by atoms with Gasteiger partial charge in [0.25, 0.3) is 5.91 Å². The topological polar surface area (TPSA) is 45.2 Å². The fourth-order valence-corrected chi connectivity index (χ4v) is 2.92. The number of amides is 1. The van der Waals surface area contributed by atoms with Crippen LogP contribution in [0, 0.1) is 6.92 Å². The number of aromatic nitrogens is 1. The third-order valence-electron chi connectivity index (χ3n) is 4.14. The molecule has 1 aromatic heterocycles. The van der Waals surface area contributed by atoms with Crippen LogP contribution in [0.4, 0.5) is 5.69 Å². The van der Waals surface area contributed by atoms with Crippen LogP contribution >= 0.6 is 11.6 Å². The van der Waals surface area contributed by atoms with E-state index in [2.05, 4.69) is 10.3 Å². The Morgan fingerprint density at radius 1 is 1.26 bits per heavy atom. The van der Waals surface area contributed by atoms with Crippen molar-refractivity contribution in [2.75, 3.05) is 18.4 Å². The number of nitrogens with one attached hydrogen (secondary N) is 1. The lowest BCUT2D eigenvalue weighted by atomic mass is 10.1. The van der Waals surface area contributed by atoms with Gasteiger partial charge in [0.15, 0.2) is 0 Å². The Labute approximate surface area is 141 Å². The molecular weight excluding hydrogens is 310 g/mol. The maximum absolute atomic E-state index is 12.4. The molecule has 0 atom stereocenters. The Kier molecular flexibility index (Phi) is 4.82. The van der Waals surface area contributed by atoms with Crippen LogP contribution < -0.4 is 5.32 Å². The number of anilines is 1. The van der Waals surface area contributed by atoms with E-state index in [4.69, 9.17) is 11.6 Å². The number of aryl methyl sites for hydroxylation is 1. The van der Waals surface area contributed by atoms with Crippen molar-refractivity contribution in [1.82, 2.24) is 9.88 Å². The van der Waals surface area contributed by atoms with Crippen LogP contribution in [0.15, 0.2) is 36.5 Å². The minimum absolute atomic E-state index is 0.138. The molecule has 0 spiro atoms. The average Bonchev–Trinajstić information content (AvgIpc) is 3.09. The summed E-state index contributed by atoms with van der Waals surface area (Å²) < 4.78 is 0. The third-order valence-corrected chi connectivity index (χ3v) is 4.36. The minimum atomic E-state index is 0.138. The highest BCUT2D eigenvalue weighted by atomic mass is 35.5. The van der Waals surface area contributed by atoms with E-state index in [1.807, 2.05) is 36.1 Å². The maximum Gasteiger partial charge on any atom is 0.253 e. The highest BCUT2D eigenvalue weighted by Gasteiger charge is 2.19. The van der Waals surface area contributed by atoms with Gasteiger partial charge in [0.1, 0.15) is 5.15 Å². The maximum atomic E-state index is 12.4. The molecule has 0 saturated carbocycles. The zero-order valence-corrected chi connectivity index (χ0v) is 13.9. The Bertz CT molecular complexity index is 694. The van der Waals surface area contributed by atoms with E-state index in [0.29, 0.717) is 11.7 Å². The molecular formula is C18H20ClN3O. The van der Waals surface area contributed by atoms with Crippen LogP contribution in [0.25, 0.3) is 0 Å². The van der Waals surface area contributed by atoms with Gasteiger partial charge in [0.2, 0.25) is 0 Å². The van der Waals surface area contributed by atoms with Crippen molar-refractivity contribution in [3.8, 4) is 0 Å². The second-order valence-corrected chi connectivity index (χ2v) is 6.26. The highest BCUT2D eigenvalue weighted by Crippen LogP contribution is 2.20. The molecule has 1 N–H and O–H groups in total. The molecule has 23 heavy (non-hydrogen) atoms. The Morgan fingerprint density at radius 3 is 2.70 bits per heavy atom. The van der Waals surface area contributed by atoms with Crippen molar-refractivity contribution >= 4 is 23.2 Å². The summed E-state index contributed by atoms with van der Waals surface area (Å²) in [6.07, 6.45) is 3.98. The number of benzene rings is 1. The summed E-state index contributed by atoms with van der Waals surface area (Å²) in [4.78, 5) is 18.4. The second kappa shape index (κ2) is 7.01. The van der Waals surface area contributed by atoms with Gasteiger partial charge in [-0.25, -0.2) is 4.98 Å². The molecule has 5 heteroatoms. The molecule has 1 aliphatic rings. The lowest BCUT2D eigenvalue weighted by Gasteiger charge is -2.16. The van der Waals surface area contributed by atoms with Crippen molar-refractivity contribution in [3.63, 3.8) is 0 Å². The number of likely N-dealkylation sites (tertiary alicyclic amines) is 1. The number of carbonyl (C=O) groups is 1. The van der Waals surface area contributed by atoms with Crippen LogP contribution in [0.2, 0.25) is 5.15 Å². The van der Waals surface area contributed by atoms with Gasteiger partial charge in [0, 0.05) is 37.1 Å². The van der Waals surface area contributed by atoms with Crippen LogP contribution in [-0.4, -0.2) is 28.9 Å². The molecule has 0 unspecified atom stereocenters. The van der Waals surface area contributed by atoms with Crippen LogP contribution in [0.5, 0.6) is 0 Å². The SMILES string of the molecule is Cc1cc(C(=O)N2CCCC2)ccc1NCc1ccc(Cl)nc1. The first-order chi connectivity index (χ1) is 11.1. The second-order valence-electron chi connectivity index (χ2n) is 5.87. The summed E-state index contributed by atoms with van der Waals surface area (Å²) in [5.74, 6) is 0.138. The summed E-state index contributed by atoms with van der Waals surface area (Å²) in [5.41, 5.74) is 3.92. The van der Waals surface area contributed by atoms with Crippen LogP contribution in [-0.2, 0) is 6.54 Å². The predicted molar refractivity (Wildman–Crippen MR) is 92.9 cm³/mol. The number of halogens is 1. The van der Waals surface area contributed by atoms with E-state index >= 15 is 0 Å². The Hall–Kier alpha value is -2.07. The van der Waals surface area contributed by atoms with Gasteiger partial charge in [-0.15, -0.1) is 0 Å². The first kappa shape index (κ1) is 15.8. The molecule has 0 bridgehead atoms. The van der Waals surface area contributed by atoms with Crippen molar-refractivity contribution in [3.05, 3.63) is 58.4 Å². The predicted octanol–water partition coefficient (Wildman–Crippen LogP) is 3.89. The molecule has 1 amide bonds. The summed E-state index contributed by atoms with van der Waals surface area (Å²) in [6.45, 7) is 4.44. The lowest BCUT2D eigenvalue weighted by molar-refractivity contribution is 0.0793. The molecule has 0 aliphatic carbocycles. The molecule has 1 fully saturated rings. The van der Waals surface area contributed by atoms with Crippen LogP contribution in [0.3, 0.4) is 0 Å². The van der Waals surface area contributed by atoms with Gasteiger partial charge in [-0.1, -0.05) is 17.7 Å². The molecule has 4 nitrogen and oxygen atoms in total. The summed E-state index contributed by atoms with van der Waals surface area (Å²) in [6, 6.07) is 9.56. The minimum Gasteiger partial charge on any atom is -0.381 e. The fraction of sp³-hybridized carbons (Fsp3) is 0.333. The van der Waals surface area contributed by atoms with Crippen LogP contribution in [0.1, 0.15) is 34.3 Å². The zero-order chi connectivity index (χ0) is 16.2. The monoisotopic (exact) mass is 329 g/mol. The number of hydrogen-bond acceptors (Lipinski definition) is 3. The quantitative estimate of drug-likeness (QED) is 0.865. The smallest absolute Gasteiger partial charge is 0.253 e. The number of hydrogen-bond donors (Lipinski definition) is 1. The van der Waals surface area contributed by atoms with Gasteiger partial charge >= 0.3 is 0 Å². The largest absolute Gasteiger partial charge is 0.381 e. The van der Waals surface area contributed by atoms with E-state index in [1.165, 1.54) is 0 Å². The number of rotatable bonds is 4. The Balaban J connectivity index is 1.66. The number of pyridine rings is 1. The standard InChI is InChI=1S/C18H20ClN3O/c1-13-10-15(18(23)22-8-2-3-9-22)5-6-16(13)20-11-14-4-7-17(19)21-12-14/h4-7,10,12,20H,2-3,8-9,11H2,1H3. The molecule has 2 aromatic rings. The molecule has 120 valence electrons. The van der Waals surface area contributed by atoms with Gasteiger partial charge < -0.3 is 10.2 Å². The van der Waals surface area contributed by atoms with E-state index in [1.54, 1.807) is 12.3 Å². The molecule has 2 heterocycles.